The van der Waals surface area contributed by atoms with Crippen LogP contribution in [0.15, 0.2) is 15.0 Å². The van der Waals surface area contributed by atoms with E-state index in [-0.39, 0.29) is 6.04 Å². The van der Waals surface area contributed by atoms with E-state index in [0.717, 1.165) is 23.8 Å². The molecule has 1 rings (SSSR count). The maximum Gasteiger partial charge on any atom is 0.204 e. The molecule has 17 heavy (non-hydrogen) atoms. The first-order valence-corrected chi connectivity index (χ1v) is 6.45. The quantitative estimate of drug-likeness (QED) is 0.241. The Morgan fingerprint density at radius 1 is 1.71 bits per heavy atom. The summed E-state index contributed by atoms with van der Waals surface area (Å²) in [6, 6.07) is 0.225. The van der Waals surface area contributed by atoms with Crippen LogP contribution in [0.4, 0.5) is 0 Å². The molecule has 92 valence electrons. The van der Waals surface area contributed by atoms with Gasteiger partial charge in [0, 0.05) is 25.1 Å². The van der Waals surface area contributed by atoms with Gasteiger partial charge in [-0.15, -0.1) is 0 Å². The molecular formula is C10H16N6S. The Labute approximate surface area is 105 Å². The first-order valence-electron chi connectivity index (χ1n) is 5.29. The predicted octanol–water partition coefficient (Wildman–Crippen LogP) is 0.237. The largest absolute Gasteiger partial charge is 0.355 e. The molecule has 1 atom stereocenters. The third-order valence-corrected chi connectivity index (χ3v) is 3.18. The van der Waals surface area contributed by atoms with Crippen LogP contribution in [-0.4, -0.2) is 49.1 Å². The summed E-state index contributed by atoms with van der Waals surface area (Å²) in [5.41, 5.74) is 1.12. The normalized spacial score (nSPS) is 18.8. The molecule has 0 aliphatic carbocycles. The summed E-state index contributed by atoms with van der Waals surface area (Å²) in [5, 5.41) is 13.9. The van der Waals surface area contributed by atoms with Gasteiger partial charge >= 0.3 is 0 Å². The van der Waals surface area contributed by atoms with Crippen LogP contribution in [0.25, 0.3) is 0 Å². The summed E-state index contributed by atoms with van der Waals surface area (Å²) in [5.74, 6) is 2.33. The van der Waals surface area contributed by atoms with E-state index in [9.17, 15) is 0 Å². The van der Waals surface area contributed by atoms with Crippen molar-refractivity contribution in [2.24, 2.45) is 15.0 Å². The molecule has 2 N–H and O–H groups in total. The van der Waals surface area contributed by atoms with E-state index in [0.29, 0.717) is 5.96 Å². The Balaban J connectivity index is 2.07. The first-order chi connectivity index (χ1) is 8.27. The van der Waals surface area contributed by atoms with Crippen LogP contribution in [0.3, 0.4) is 0 Å². The molecule has 0 aromatic rings. The van der Waals surface area contributed by atoms with Crippen molar-refractivity contribution in [3.63, 3.8) is 0 Å². The number of aliphatic imine (C=N–C) groups is 3. The molecule has 0 amide bonds. The Morgan fingerprint density at radius 3 is 3.12 bits per heavy atom. The van der Waals surface area contributed by atoms with Crippen molar-refractivity contribution >= 4 is 29.8 Å². The zero-order chi connectivity index (χ0) is 12.5. The number of hydrogen-bond acceptors (Lipinski definition) is 5. The lowest BCUT2D eigenvalue weighted by atomic mass is 10.2. The van der Waals surface area contributed by atoms with Gasteiger partial charge in [-0.1, -0.05) is 0 Å². The van der Waals surface area contributed by atoms with Crippen molar-refractivity contribution < 1.29 is 0 Å². The molecule has 7 heteroatoms. The van der Waals surface area contributed by atoms with Crippen molar-refractivity contribution in [1.82, 2.24) is 10.6 Å². The van der Waals surface area contributed by atoms with Crippen LogP contribution in [0.5, 0.6) is 0 Å². The smallest absolute Gasteiger partial charge is 0.204 e. The molecule has 0 saturated carbocycles. The van der Waals surface area contributed by atoms with Crippen molar-refractivity contribution in [2.45, 2.75) is 13.0 Å². The third-order valence-electron chi connectivity index (χ3n) is 2.18. The summed E-state index contributed by atoms with van der Waals surface area (Å²) in [7, 11) is 1.63. The molecule has 1 aliphatic rings. The summed E-state index contributed by atoms with van der Waals surface area (Å²) >= 11 is 1.79. The Kier molecular flexibility index (Phi) is 6.10. The molecule has 1 aliphatic heterocycles. The Bertz CT molecular complexity index is 367. The van der Waals surface area contributed by atoms with Crippen LogP contribution in [0.1, 0.15) is 6.92 Å². The Hall–Kier alpha value is -1.55. The number of thioether (sulfide) groups is 1. The molecule has 1 heterocycles. The molecule has 0 fully saturated rings. The maximum absolute atomic E-state index is 8.43. The molecule has 0 saturated heterocycles. The van der Waals surface area contributed by atoms with Crippen molar-refractivity contribution in [1.29, 1.82) is 5.26 Å². The van der Waals surface area contributed by atoms with Crippen LogP contribution < -0.4 is 10.6 Å². The zero-order valence-electron chi connectivity index (χ0n) is 9.97. The molecule has 0 spiro atoms. The molecule has 0 aromatic carbocycles. The van der Waals surface area contributed by atoms with Gasteiger partial charge in [0.05, 0.1) is 11.8 Å². The van der Waals surface area contributed by atoms with Crippen LogP contribution in [0, 0.1) is 11.5 Å². The Morgan fingerprint density at radius 2 is 2.53 bits per heavy atom. The fourth-order valence-corrected chi connectivity index (χ4v) is 2.13. The zero-order valence-corrected chi connectivity index (χ0v) is 10.8. The standard InChI is InChI=1S/C10H16N6S/c1-8-9(16-7-15-8)5-17-4-3-13-10(12-2)14-6-11/h7-8H,3-5H2,1-2H3,(H2,12,13,14). The first kappa shape index (κ1) is 13.5. The van der Waals surface area contributed by atoms with Crippen molar-refractivity contribution in [3.05, 3.63) is 0 Å². The minimum absolute atomic E-state index is 0.225. The molecular weight excluding hydrogens is 236 g/mol. The van der Waals surface area contributed by atoms with E-state index >= 15 is 0 Å². The van der Waals surface area contributed by atoms with Gasteiger partial charge in [-0.2, -0.15) is 17.0 Å². The minimum Gasteiger partial charge on any atom is -0.355 e. The van der Waals surface area contributed by atoms with Gasteiger partial charge in [-0.05, 0) is 6.92 Å². The second kappa shape index (κ2) is 7.68. The van der Waals surface area contributed by atoms with E-state index in [4.69, 9.17) is 5.26 Å². The molecule has 0 aromatic heterocycles. The van der Waals surface area contributed by atoms with E-state index in [1.807, 2.05) is 13.1 Å². The highest BCUT2D eigenvalue weighted by Gasteiger charge is 2.11. The minimum atomic E-state index is 0.225. The highest BCUT2D eigenvalue weighted by Crippen LogP contribution is 2.07. The van der Waals surface area contributed by atoms with E-state index in [1.165, 1.54) is 0 Å². The number of nitrogens with zero attached hydrogens (tertiary/aromatic N) is 4. The lowest BCUT2D eigenvalue weighted by molar-refractivity contribution is 0.931. The second-order valence-electron chi connectivity index (χ2n) is 3.35. The summed E-state index contributed by atoms with van der Waals surface area (Å²) < 4.78 is 0. The summed E-state index contributed by atoms with van der Waals surface area (Å²) in [6.07, 6.45) is 3.45. The van der Waals surface area contributed by atoms with Crippen LogP contribution >= 0.6 is 11.8 Å². The lowest BCUT2D eigenvalue weighted by Gasteiger charge is -2.07. The number of guanidine groups is 1. The average molecular weight is 252 g/mol. The molecule has 0 radical (unpaired) electrons. The number of nitriles is 1. The van der Waals surface area contributed by atoms with Gasteiger partial charge in [0.25, 0.3) is 0 Å². The highest BCUT2D eigenvalue weighted by atomic mass is 32.2. The molecule has 1 unspecified atom stereocenters. The topological polar surface area (TPSA) is 84.9 Å². The summed E-state index contributed by atoms with van der Waals surface area (Å²) in [4.78, 5) is 12.2. The monoisotopic (exact) mass is 252 g/mol. The van der Waals surface area contributed by atoms with E-state index in [1.54, 1.807) is 25.1 Å². The SMILES string of the molecule is CN=C(NC#N)NCCSCC1=NC=NC1C. The summed E-state index contributed by atoms with van der Waals surface area (Å²) in [6.45, 7) is 2.80. The highest BCUT2D eigenvalue weighted by molar-refractivity contribution is 8.00. The average Bonchev–Trinajstić information content (AvgIpc) is 2.73. The van der Waals surface area contributed by atoms with Crippen LogP contribution in [0.2, 0.25) is 0 Å². The predicted molar refractivity (Wildman–Crippen MR) is 72.8 cm³/mol. The number of rotatable bonds is 5. The van der Waals surface area contributed by atoms with Crippen molar-refractivity contribution in [3.8, 4) is 6.19 Å². The van der Waals surface area contributed by atoms with Gasteiger partial charge in [-0.3, -0.25) is 15.3 Å². The number of nitrogens with one attached hydrogen (secondary N) is 2. The lowest BCUT2D eigenvalue weighted by Crippen LogP contribution is -2.35. The molecule has 6 nitrogen and oxygen atoms in total. The van der Waals surface area contributed by atoms with Gasteiger partial charge in [0.15, 0.2) is 6.19 Å². The molecule has 0 bridgehead atoms. The number of hydrogen-bond donors (Lipinski definition) is 2. The van der Waals surface area contributed by atoms with Gasteiger partial charge in [0.2, 0.25) is 5.96 Å². The van der Waals surface area contributed by atoms with Crippen LogP contribution in [-0.2, 0) is 0 Å². The van der Waals surface area contributed by atoms with Crippen molar-refractivity contribution in [2.75, 3.05) is 25.1 Å². The van der Waals surface area contributed by atoms with Gasteiger partial charge in [0.1, 0.15) is 6.34 Å². The van der Waals surface area contributed by atoms with E-state index in [2.05, 4.69) is 25.6 Å². The fourth-order valence-electron chi connectivity index (χ4n) is 1.21. The van der Waals surface area contributed by atoms with Gasteiger partial charge < -0.3 is 5.32 Å². The van der Waals surface area contributed by atoms with E-state index < -0.39 is 0 Å². The second-order valence-corrected chi connectivity index (χ2v) is 4.45. The fraction of sp³-hybridized carbons (Fsp3) is 0.600. The maximum atomic E-state index is 8.43. The van der Waals surface area contributed by atoms with Gasteiger partial charge in [-0.25, -0.2) is 4.99 Å². The third kappa shape index (κ3) is 4.87.